The van der Waals surface area contributed by atoms with Crippen LogP contribution in [-0.2, 0) is 9.47 Å². The normalized spacial score (nSPS) is 22.1. The van der Waals surface area contributed by atoms with Gasteiger partial charge in [-0.05, 0) is 19.9 Å². The molecule has 112 valence electrons. The van der Waals surface area contributed by atoms with Crippen LogP contribution in [0.3, 0.4) is 0 Å². The third-order valence-corrected chi connectivity index (χ3v) is 3.61. The van der Waals surface area contributed by atoms with Crippen LogP contribution in [0.5, 0.6) is 0 Å². The van der Waals surface area contributed by atoms with E-state index >= 15 is 0 Å². The van der Waals surface area contributed by atoms with Gasteiger partial charge < -0.3 is 19.3 Å². The van der Waals surface area contributed by atoms with Crippen LogP contribution in [0.2, 0.25) is 0 Å². The zero-order chi connectivity index (χ0) is 14.4. The molecule has 0 N–H and O–H groups in total. The standard InChI is InChI=1S/C15H25N3O2/c1-13(12-14(2)17-4-8-19-9-5-17)16-15(3)18-6-10-20-11-7-18/h12H,3-11H2,1-2H3/b14-12+,16-13-. The summed E-state index contributed by atoms with van der Waals surface area (Å²) in [6, 6.07) is 0. The van der Waals surface area contributed by atoms with E-state index < -0.39 is 0 Å². The lowest BCUT2D eigenvalue weighted by Crippen LogP contribution is -2.35. The van der Waals surface area contributed by atoms with Crippen LogP contribution < -0.4 is 0 Å². The lowest BCUT2D eigenvalue weighted by Gasteiger charge is -2.30. The maximum Gasteiger partial charge on any atom is 0.121 e. The van der Waals surface area contributed by atoms with Gasteiger partial charge in [0.25, 0.3) is 0 Å². The van der Waals surface area contributed by atoms with Gasteiger partial charge in [-0.15, -0.1) is 0 Å². The molecule has 0 radical (unpaired) electrons. The third kappa shape index (κ3) is 4.35. The van der Waals surface area contributed by atoms with Crippen LogP contribution in [0.25, 0.3) is 0 Å². The van der Waals surface area contributed by atoms with Gasteiger partial charge in [0.1, 0.15) is 5.82 Å². The number of morpholine rings is 2. The van der Waals surface area contributed by atoms with E-state index in [0.29, 0.717) is 0 Å². The molecular formula is C15H25N3O2. The van der Waals surface area contributed by atoms with Crippen molar-refractivity contribution in [1.82, 2.24) is 9.80 Å². The van der Waals surface area contributed by atoms with Gasteiger partial charge >= 0.3 is 0 Å². The average molecular weight is 279 g/mol. The highest BCUT2D eigenvalue weighted by molar-refractivity contribution is 5.93. The molecule has 0 atom stereocenters. The Balaban J connectivity index is 1.92. The Bertz CT molecular complexity index is 392. The molecule has 0 aromatic carbocycles. The zero-order valence-electron chi connectivity index (χ0n) is 12.6. The summed E-state index contributed by atoms with van der Waals surface area (Å²) in [5.41, 5.74) is 2.23. The van der Waals surface area contributed by atoms with E-state index in [-0.39, 0.29) is 0 Å². The molecule has 0 bridgehead atoms. The molecule has 2 rings (SSSR count). The van der Waals surface area contributed by atoms with E-state index in [4.69, 9.17) is 9.47 Å². The molecule has 20 heavy (non-hydrogen) atoms. The van der Waals surface area contributed by atoms with Crippen molar-refractivity contribution in [3.63, 3.8) is 0 Å². The first-order valence-corrected chi connectivity index (χ1v) is 7.24. The van der Waals surface area contributed by atoms with Gasteiger partial charge in [-0.2, -0.15) is 0 Å². The van der Waals surface area contributed by atoms with Crippen molar-refractivity contribution >= 4 is 5.71 Å². The van der Waals surface area contributed by atoms with Crippen LogP contribution in [0, 0.1) is 0 Å². The summed E-state index contributed by atoms with van der Waals surface area (Å²) in [5.74, 6) is 0.830. The van der Waals surface area contributed by atoms with Crippen molar-refractivity contribution in [2.24, 2.45) is 4.99 Å². The number of hydrogen-bond donors (Lipinski definition) is 0. The minimum atomic E-state index is 0.760. The van der Waals surface area contributed by atoms with Crippen LogP contribution in [-0.4, -0.2) is 68.1 Å². The van der Waals surface area contributed by atoms with Gasteiger partial charge in [0.05, 0.1) is 26.4 Å². The van der Waals surface area contributed by atoms with E-state index in [1.54, 1.807) is 0 Å². The maximum absolute atomic E-state index is 5.37. The van der Waals surface area contributed by atoms with E-state index in [1.807, 2.05) is 6.92 Å². The highest BCUT2D eigenvalue weighted by Crippen LogP contribution is 2.10. The van der Waals surface area contributed by atoms with Gasteiger partial charge in [-0.25, -0.2) is 4.99 Å². The number of nitrogens with zero attached hydrogens (tertiary/aromatic N) is 3. The first-order chi connectivity index (χ1) is 9.66. The quantitative estimate of drug-likeness (QED) is 0.731. The minimum absolute atomic E-state index is 0.760. The molecule has 2 aliphatic heterocycles. The van der Waals surface area contributed by atoms with Gasteiger partial charge in [-0.1, -0.05) is 6.58 Å². The van der Waals surface area contributed by atoms with Crippen LogP contribution in [0.15, 0.2) is 29.2 Å². The summed E-state index contributed by atoms with van der Waals surface area (Å²) in [6.45, 7) is 15.0. The van der Waals surface area contributed by atoms with Gasteiger partial charge in [0, 0.05) is 37.6 Å². The molecule has 5 heteroatoms. The second-order valence-corrected chi connectivity index (χ2v) is 5.15. The summed E-state index contributed by atoms with van der Waals surface area (Å²) in [7, 11) is 0. The Hall–Kier alpha value is -1.33. The maximum atomic E-state index is 5.37. The fourth-order valence-corrected chi connectivity index (χ4v) is 2.44. The summed E-state index contributed by atoms with van der Waals surface area (Å²) < 4.78 is 10.7. The highest BCUT2D eigenvalue weighted by atomic mass is 16.5. The number of hydrogen-bond acceptors (Lipinski definition) is 5. The van der Waals surface area contributed by atoms with Gasteiger partial charge in [-0.3, -0.25) is 0 Å². The zero-order valence-corrected chi connectivity index (χ0v) is 12.6. The fourth-order valence-electron chi connectivity index (χ4n) is 2.44. The van der Waals surface area contributed by atoms with E-state index in [1.165, 1.54) is 5.70 Å². The monoisotopic (exact) mass is 279 g/mol. The predicted molar refractivity (Wildman–Crippen MR) is 80.8 cm³/mol. The van der Waals surface area contributed by atoms with Crippen molar-refractivity contribution in [2.45, 2.75) is 13.8 Å². The number of aliphatic imine (C=N–C) groups is 1. The van der Waals surface area contributed by atoms with E-state index in [0.717, 1.165) is 64.1 Å². The van der Waals surface area contributed by atoms with Crippen molar-refractivity contribution in [2.75, 3.05) is 52.6 Å². The molecule has 2 heterocycles. The van der Waals surface area contributed by atoms with Crippen molar-refractivity contribution in [1.29, 1.82) is 0 Å². The molecule has 0 amide bonds. The fraction of sp³-hybridized carbons (Fsp3) is 0.667. The third-order valence-electron chi connectivity index (χ3n) is 3.61. The second-order valence-electron chi connectivity index (χ2n) is 5.15. The summed E-state index contributed by atoms with van der Waals surface area (Å²) in [4.78, 5) is 9.10. The Morgan fingerprint density at radius 3 is 2.00 bits per heavy atom. The molecule has 0 saturated carbocycles. The number of rotatable bonds is 4. The summed E-state index contributed by atoms with van der Waals surface area (Å²) >= 11 is 0. The Morgan fingerprint density at radius 1 is 0.950 bits per heavy atom. The topological polar surface area (TPSA) is 37.3 Å². The molecule has 0 unspecified atom stereocenters. The first kappa shape index (κ1) is 15.1. The van der Waals surface area contributed by atoms with Crippen molar-refractivity contribution in [3.05, 3.63) is 24.2 Å². The van der Waals surface area contributed by atoms with Crippen LogP contribution >= 0.6 is 0 Å². The first-order valence-electron chi connectivity index (χ1n) is 7.24. The molecule has 0 aliphatic carbocycles. The SMILES string of the molecule is C=C(/N=C(C)\C=C(/C)N1CCOCC1)N1CCOCC1. The molecule has 2 saturated heterocycles. The van der Waals surface area contributed by atoms with Crippen molar-refractivity contribution in [3.8, 4) is 0 Å². The van der Waals surface area contributed by atoms with Crippen LogP contribution in [0.4, 0.5) is 0 Å². The summed E-state index contributed by atoms with van der Waals surface area (Å²) in [6.07, 6.45) is 2.12. The average Bonchev–Trinajstić information content (AvgIpc) is 2.49. The molecule has 0 aromatic rings. The highest BCUT2D eigenvalue weighted by Gasteiger charge is 2.12. The minimum Gasteiger partial charge on any atom is -0.378 e. The van der Waals surface area contributed by atoms with Crippen LogP contribution in [0.1, 0.15) is 13.8 Å². The predicted octanol–water partition coefficient (Wildman–Crippen LogP) is 1.49. The van der Waals surface area contributed by atoms with Crippen molar-refractivity contribution < 1.29 is 9.47 Å². The number of allylic oxidation sites excluding steroid dienone is 2. The van der Waals surface area contributed by atoms with Gasteiger partial charge in [0.15, 0.2) is 0 Å². The molecule has 2 aliphatic rings. The molecular weight excluding hydrogens is 254 g/mol. The molecule has 5 nitrogen and oxygen atoms in total. The Labute approximate surface area is 121 Å². The largest absolute Gasteiger partial charge is 0.378 e. The van der Waals surface area contributed by atoms with E-state index in [9.17, 15) is 0 Å². The molecule has 0 aromatic heterocycles. The lowest BCUT2D eigenvalue weighted by atomic mass is 10.3. The lowest BCUT2D eigenvalue weighted by molar-refractivity contribution is 0.0533. The van der Waals surface area contributed by atoms with Gasteiger partial charge in [0.2, 0.25) is 0 Å². The number of ether oxygens (including phenoxy) is 2. The smallest absolute Gasteiger partial charge is 0.121 e. The Morgan fingerprint density at radius 2 is 1.45 bits per heavy atom. The summed E-state index contributed by atoms with van der Waals surface area (Å²) in [5, 5.41) is 0. The Kier molecular flexibility index (Phi) is 5.61. The van der Waals surface area contributed by atoms with E-state index in [2.05, 4.69) is 34.4 Å². The second kappa shape index (κ2) is 7.45. The molecule has 2 fully saturated rings. The molecule has 0 spiro atoms.